The third kappa shape index (κ3) is 3.58. The topological polar surface area (TPSA) is 85.0 Å². The van der Waals surface area contributed by atoms with Crippen LogP contribution in [-0.4, -0.2) is 50.4 Å². The molecule has 0 aliphatic carbocycles. The van der Waals surface area contributed by atoms with Gasteiger partial charge in [0.1, 0.15) is 0 Å². The summed E-state index contributed by atoms with van der Waals surface area (Å²) in [6.45, 7) is 5.78. The van der Waals surface area contributed by atoms with Crippen LogP contribution < -0.4 is 4.90 Å². The van der Waals surface area contributed by atoms with Crippen LogP contribution >= 0.6 is 0 Å². The minimum Gasteiger partial charge on any atom is -0.333 e. The van der Waals surface area contributed by atoms with Crippen LogP contribution in [0.15, 0.2) is 29.2 Å². The van der Waals surface area contributed by atoms with Crippen molar-refractivity contribution in [1.82, 2.24) is 4.31 Å². The number of nitrogens with one attached hydrogen (secondary N) is 1. The molecule has 116 valence electrons. The van der Waals surface area contributed by atoms with Crippen molar-refractivity contribution in [2.45, 2.75) is 18.2 Å². The molecule has 21 heavy (non-hydrogen) atoms. The Morgan fingerprint density at radius 3 is 2.29 bits per heavy atom. The minimum absolute atomic E-state index is 0.105. The molecule has 1 heterocycles. The lowest BCUT2D eigenvalue weighted by Gasteiger charge is -2.31. The lowest BCUT2D eigenvalue weighted by Crippen LogP contribution is -3.14. The highest BCUT2D eigenvalue weighted by molar-refractivity contribution is 7.89. The average molecular weight is 314 g/mol. The number of nitrogens with zero attached hydrogens (tertiary/aromatic N) is 2. The Morgan fingerprint density at radius 2 is 1.81 bits per heavy atom. The first-order valence-corrected chi connectivity index (χ1v) is 8.47. The van der Waals surface area contributed by atoms with Crippen molar-refractivity contribution in [2.75, 3.05) is 32.7 Å². The van der Waals surface area contributed by atoms with E-state index in [-0.39, 0.29) is 10.6 Å². The van der Waals surface area contributed by atoms with Gasteiger partial charge in [-0.15, -0.1) is 0 Å². The second-order valence-electron chi connectivity index (χ2n) is 5.16. The number of piperazine rings is 1. The van der Waals surface area contributed by atoms with Crippen molar-refractivity contribution >= 4 is 15.7 Å². The smallest absolute Gasteiger partial charge is 0.269 e. The molecule has 1 fully saturated rings. The molecular formula is C13H20N3O4S+. The summed E-state index contributed by atoms with van der Waals surface area (Å²) < 4.78 is 26.4. The van der Waals surface area contributed by atoms with Crippen LogP contribution in [0, 0.1) is 10.1 Å². The summed E-state index contributed by atoms with van der Waals surface area (Å²) in [6, 6.07) is 5.06. The van der Waals surface area contributed by atoms with E-state index in [4.69, 9.17) is 0 Å². The minimum atomic E-state index is -3.55. The molecule has 0 atom stereocenters. The molecule has 0 aromatic heterocycles. The maximum absolute atomic E-state index is 12.5. The molecule has 0 bridgehead atoms. The Kier molecular flexibility index (Phi) is 4.92. The van der Waals surface area contributed by atoms with Crippen LogP contribution in [0.3, 0.4) is 0 Å². The van der Waals surface area contributed by atoms with Crippen molar-refractivity contribution in [3.05, 3.63) is 34.4 Å². The zero-order chi connectivity index (χ0) is 15.5. The Labute approximate surface area is 124 Å². The number of hydrogen-bond acceptors (Lipinski definition) is 4. The Morgan fingerprint density at radius 1 is 1.24 bits per heavy atom. The van der Waals surface area contributed by atoms with Crippen molar-refractivity contribution in [1.29, 1.82) is 0 Å². The van der Waals surface area contributed by atoms with Crippen molar-refractivity contribution in [3.63, 3.8) is 0 Å². The molecule has 1 aliphatic heterocycles. The highest BCUT2D eigenvalue weighted by Gasteiger charge is 2.30. The van der Waals surface area contributed by atoms with E-state index in [1.165, 1.54) is 33.5 Å². The molecule has 1 N–H and O–H groups in total. The van der Waals surface area contributed by atoms with Crippen LogP contribution in [0.4, 0.5) is 5.69 Å². The van der Waals surface area contributed by atoms with E-state index in [9.17, 15) is 18.5 Å². The SMILES string of the molecule is CCC[NH+]1CCN(S(=O)(=O)c2ccc([N+](=O)[O-])cc2)CC1. The molecule has 0 spiro atoms. The summed E-state index contributed by atoms with van der Waals surface area (Å²) in [5, 5.41) is 10.6. The lowest BCUT2D eigenvalue weighted by molar-refractivity contribution is -0.903. The molecular weight excluding hydrogens is 294 g/mol. The number of nitro groups is 1. The van der Waals surface area contributed by atoms with E-state index >= 15 is 0 Å². The third-order valence-electron chi connectivity index (χ3n) is 3.72. The Balaban J connectivity index is 2.10. The van der Waals surface area contributed by atoms with Gasteiger partial charge in [0.25, 0.3) is 5.69 Å². The number of rotatable bonds is 5. The fourth-order valence-electron chi connectivity index (χ4n) is 2.54. The highest BCUT2D eigenvalue weighted by atomic mass is 32.2. The predicted molar refractivity (Wildman–Crippen MR) is 77.7 cm³/mol. The molecule has 1 aromatic carbocycles. The van der Waals surface area contributed by atoms with Gasteiger partial charge in [-0.05, 0) is 18.6 Å². The fraction of sp³-hybridized carbons (Fsp3) is 0.538. The van der Waals surface area contributed by atoms with Gasteiger partial charge >= 0.3 is 0 Å². The summed E-state index contributed by atoms with van der Waals surface area (Å²) in [4.78, 5) is 11.6. The molecule has 2 rings (SSSR count). The lowest BCUT2D eigenvalue weighted by atomic mass is 10.3. The summed E-state index contributed by atoms with van der Waals surface area (Å²) in [5.74, 6) is 0. The average Bonchev–Trinajstić information content (AvgIpc) is 2.48. The van der Waals surface area contributed by atoms with Gasteiger partial charge < -0.3 is 4.90 Å². The van der Waals surface area contributed by atoms with Gasteiger partial charge in [-0.25, -0.2) is 8.42 Å². The molecule has 1 aliphatic rings. The van der Waals surface area contributed by atoms with Crippen LogP contribution in [0.1, 0.15) is 13.3 Å². The standard InChI is InChI=1S/C13H19N3O4S/c1-2-7-14-8-10-15(11-9-14)21(19,20)13-5-3-12(4-6-13)16(17)18/h3-6H,2,7-11H2,1H3/p+1. The molecule has 1 saturated heterocycles. The van der Waals surface area contributed by atoms with Crippen molar-refractivity contribution < 1.29 is 18.2 Å². The monoisotopic (exact) mass is 314 g/mol. The van der Waals surface area contributed by atoms with Gasteiger partial charge in [-0.3, -0.25) is 10.1 Å². The first-order chi connectivity index (χ1) is 9.95. The third-order valence-corrected chi connectivity index (χ3v) is 5.63. The van der Waals surface area contributed by atoms with Gasteiger partial charge in [0.2, 0.25) is 10.0 Å². The number of benzene rings is 1. The number of non-ortho nitro benzene ring substituents is 1. The summed E-state index contributed by atoms with van der Waals surface area (Å²) in [6.07, 6.45) is 1.09. The molecule has 0 amide bonds. The Bertz CT molecular complexity index is 592. The van der Waals surface area contributed by atoms with Gasteiger partial charge in [0.05, 0.1) is 42.5 Å². The maximum Gasteiger partial charge on any atom is 0.269 e. The van der Waals surface area contributed by atoms with E-state index in [0.717, 1.165) is 26.1 Å². The van der Waals surface area contributed by atoms with Gasteiger partial charge in [-0.2, -0.15) is 4.31 Å². The van der Waals surface area contributed by atoms with Crippen LogP contribution in [0.2, 0.25) is 0 Å². The van der Waals surface area contributed by atoms with Gasteiger partial charge in [0, 0.05) is 12.1 Å². The molecule has 0 unspecified atom stereocenters. The molecule has 1 aromatic rings. The van der Waals surface area contributed by atoms with Crippen LogP contribution in [-0.2, 0) is 10.0 Å². The van der Waals surface area contributed by atoms with E-state index in [1.807, 2.05) is 0 Å². The number of hydrogen-bond donors (Lipinski definition) is 1. The molecule has 7 nitrogen and oxygen atoms in total. The largest absolute Gasteiger partial charge is 0.333 e. The first kappa shape index (κ1) is 15.9. The van der Waals surface area contributed by atoms with E-state index in [1.54, 1.807) is 0 Å². The van der Waals surface area contributed by atoms with E-state index in [0.29, 0.717) is 13.1 Å². The van der Waals surface area contributed by atoms with Gasteiger partial charge in [0.15, 0.2) is 0 Å². The highest BCUT2D eigenvalue weighted by Crippen LogP contribution is 2.19. The van der Waals surface area contributed by atoms with Gasteiger partial charge in [-0.1, -0.05) is 6.92 Å². The molecule has 8 heteroatoms. The predicted octanol–water partition coefficient (Wildman–Crippen LogP) is -0.106. The van der Waals surface area contributed by atoms with Crippen LogP contribution in [0.5, 0.6) is 0 Å². The zero-order valence-electron chi connectivity index (χ0n) is 12.0. The normalized spacial score (nSPS) is 17.8. The quantitative estimate of drug-likeness (QED) is 0.607. The Hall–Kier alpha value is -1.51. The van der Waals surface area contributed by atoms with Crippen molar-refractivity contribution in [3.8, 4) is 0 Å². The summed E-state index contributed by atoms with van der Waals surface area (Å²) in [7, 11) is -3.55. The molecule has 0 saturated carbocycles. The number of sulfonamides is 1. The first-order valence-electron chi connectivity index (χ1n) is 7.03. The zero-order valence-corrected chi connectivity index (χ0v) is 12.8. The fourth-order valence-corrected chi connectivity index (χ4v) is 3.98. The second-order valence-corrected chi connectivity index (χ2v) is 7.09. The van der Waals surface area contributed by atoms with Crippen LogP contribution in [0.25, 0.3) is 0 Å². The summed E-state index contributed by atoms with van der Waals surface area (Å²) >= 11 is 0. The van der Waals surface area contributed by atoms with E-state index in [2.05, 4.69) is 6.92 Å². The number of nitro benzene ring substituents is 1. The summed E-state index contributed by atoms with van der Waals surface area (Å²) in [5.41, 5.74) is -0.105. The second kappa shape index (κ2) is 6.50. The van der Waals surface area contributed by atoms with E-state index < -0.39 is 14.9 Å². The maximum atomic E-state index is 12.5. The van der Waals surface area contributed by atoms with Crippen molar-refractivity contribution in [2.24, 2.45) is 0 Å². The molecule has 0 radical (unpaired) electrons. The number of quaternary nitrogens is 1.